The lowest BCUT2D eigenvalue weighted by Crippen LogP contribution is -2.30. The van der Waals surface area contributed by atoms with E-state index in [0.29, 0.717) is 47.8 Å². The molecule has 222 valence electrons. The molecule has 2 aliphatic heterocycles. The number of fused-ring (bicyclic) bond motifs is 3. The molecule has 1 amide bonds. The number of rotatable bonds is 5. The van der Waals surface area contributed by atoms with Crippen LogP contribution in [-0.2, 0) is 16.4 Å². The van der Waals surface area contributed by atoms with Crippen molar-refractivity contribution in [1.82, 2.24) is 20.3 Å². The van der Waals surface area contributed by atoms with Crippen LogP contribution < -0.4 is 19.7 Å². The molecule has 1 aromatic carbocycles. The Bertz CT molecular complexity index is 1890. The molecule has 3 atom stereocenters. The molecule has 1 fully saturated rings. The van der Waals surface area contributed by atoms with Crippen LogP contribution in [0.1, 0.15) is 47.3 Å². The summed E-state index contributed by atoms with van der Waals surface area (Å²) in [5, 5.41) is 3.41. The highest BCUT2D eigenvalue weighted by Crippen LogP contribution is 2.48. The van der Waals surface area contributed by atoms with Crippen LogP contribution in [0.2, 0.25) is 0 Å². The fraction of sp³-hybridized carbons (Fsp3) is 0.333. The maximum absolute atomic E-state index is 14.7. The SMILES string of the molecule is C[C@@H]1C[C@@H]1c1cnc2c(c1)OCCN2c1ccc2cnc(CNC(=O)c3cc(F)c4c(c3)S(=O)(=O)[C@@H](F)CCO4)cc2n1. The van der Waals surface area contributed by atoms with Gasteiger partial charge < -0.3 is 19.7 Å². The Labute approximate surface area is 246 Å². The van der Waals surface area contributed by atoms with E-state index in [1.54, 1.807) is 12.3 Å². The predicted octanol–water partition coefficient (Wildman–Crippen LogP) is 4.60. The van der Waals surface area contributed by atoms with Crippen molar-refractivity contribution >= 4 is 38.3 Å². The van der Waals surface area contributed by atoms with Crippen molar-refractivity contribution in [3.05, 3.63) is 71.4 Å². The van der Waals surface area contributed by atoms with Crippen molar-refractivity contribution in [2.75, 3.05) is 24.7 Å². The molecule has 0 bridgehead atoms. The number of carbonyl (C=O) groups is 1. The fourth-order valence-corrected chi connectivity index (χ4v) is 6.88. The lowest BCUT2D eigenvalue weighted by atomic mass is 10.1. The van der Waals surface area contributed by atoms with Gasteiger partial charge in [-0.15, -0.1) is 0 Å². The smallest absolute Gasteiger partial charge is 0.251 e. The van der Waals surface area contributed by atoms with Gasteiger partial charge in [0.25, 0.3) is 5.91 Å². The number of sulfone groups is 1. The Kier molecular flexibility index (Phi) is 6.64. The van der Waals surface area contributed by atoms with E-state index in [1.807, 2.05) is 23.2 Å². The molecule has 13 heteroatoms. The van der Waals surface area contributed by atoms with E-state index in [4.69, 9.17) is 19.4 Å². The normalized spacial score (nSPS) is 22.0. The van der Waals surface area contributed by atoms with Gasteiger partial charge in [0.15, 0.2) is 23.1 Å². The average Bonchev–Trinajstić information content (AvgIpc) is 3.76. The minimum Gasteiger partial charge on any atom is -0.489 e. The van der Waals surface area contributed by atoms with Crippen LogP contribution in [0, 0.1) is 11.7 Å². The summed E-state index contributed by atoms with van der Waals surface area (Å²) in [4.78, 5) is 28.1. The number of hydrogen-bond donors (Lipinski definition) is 1. The molecule has 3 aromatic heterocycles. The number of aromatic nitrogens is 3. The zero-order chi connectivity index (χ0) is 29.9. The number of nitrogens with zero attached hydrogens (tertiary/aromatic N) is 4. The maximum Gasteiger partial charge on any atom is 0.251 e. The Balaban J connectivity index is 1.11. The monoisotopic (exact) mass is 607 g/mol. The zero-order valence-electron chi connectivity index (χ0n) is 23.1. The van der Waals surface area contributed by atoms with Crippen LogP contribution >= 0.6 is 0 Å². The van der Waals surface area contributed by atoms with Crippen LogP contribution in [0.4, 0.5) is 20.4 Å². The first-order valence-corrected chi connectivity index (χ1v) is 15.5. The molecule has 7 rings (SSSR count). The lowest BCUT2D eigenvalue weighted by Gasteiger charge is -2.29. The van der Waals surface area contributed by atoms with E-state index in [1.165, 1.54) is 5.56 Å². The van der Waals surface area contributed by atoms with Crippen molar-refractivity contribution in [2.24, 2.45) is 5.92 Å². The van der Waals surface area contributed by atoms with Crippen LogP contribution in [0.3, 0.4) is 0 Å². The van der Waals surface area contributed by atoms with E-state index < -0.39 is 44.1 Å². The van der Waals surface area contributed by atoms with Crippen LogP contribution in [-0.4, -0.2) is 54.5 Å². The van der Waals surface area contributed by atoms with E-state index in [0.717, 1.165) is 29.7 Å². The van der Waals surface area contributed by atoms with Gasteiger partial charge >= 0.3 is 0 Å². The summed E-state index contributed by atoms with van der Waals surface area (Å²) in [5.41, 5.74) is -0.230. The zero-order valence-corrected chi connectivity index (χ0v) is 23.9. The number of hydrogen-bond acceptors (Lipinski definition) is 9. The second-order valence-electron chi connectivity index (χ2n) is 11.0. The third-order valence-electron chi connectivity index (χ3n) is 8.05. The molecule has 1 aliphatic carbocycles. The highest BCUT2D eigenvalue weighted by atomic mass is 32.2. The largest absolute Gasteiger partial charge is 0.489 e. The van der Waals surface area contributed by atoms with Gasteiger partial charge in [0, 0.05) is 29.8 Å². The number of benzene rings is 1. The second-order valence-corrected chi connectivity index (χ2v) is 13.0. The molecular formula is C30H27F2N5O5S. The van der Waals surface area contributed by atoms with Gasteiger partial charge in [-0.2, -0.15) is 0 Å². The molecule has 0 saturated heterocycles. The summed E-state index contributed by atoms with van der Waals surface area (Å²) in [5.74, 6) is 0.929. The van der Waals surface area contributed by atoms with Gasteiger partial charge in [-0.05, 0) is 60.2 Å². The third-order valence-corrected chi connectivity index (χ3v) is 9.87. The fourth-order valence-electron chi connectivity index (χ4n) is 5.49. The average molecular weight is 608 g/mol. The van der Waals surface area contributed by atoms with E-state index >= 15 is 0 Å². The van der Waals surface area contributed by atoms with Crippen molar-refractivity contribution < 1.29 is 31.5 Å². The number of nitrogens with one attached hydrogen (secondary N) is 1. The first-order valence-electron chi connectivity index (χ1n) is 14.0. The van der Waals surface area contributed by atoms with Crippen molar-refractivity contribution in [1.29, 1.82) is 0 Å². The second kappa shape index (κ2) is 10.4. The molecule has 0 radical (unpaired) electrons. The van der Waals surface area contributed by atoms with Crippen molar-refractivity contribution in [3.8, 4) is 11.5 Å². The summed E-state index contributed by atoms with van der Waals surface area (Å²) < 4.78 is 65.1. The molecule has 43 heavy (non-hydrogen) atoms. The Morgan fingerprint density at radius 1 is 1.12 bits per heavy atom. The molecule has 5 heterocycles. The van der Waals surface area contributed by atoms with Gasteiger partial charge in [0.05, 0.1) is 30.9 Å². The molecule has 4 aromatic rings. The third kappa shape index (κ3) is 5.01. The molecule has 1 N–H and O–H groups in total. The minimum absolute atomic E-state index is 0.0430. The summed E-state index contributed by atoms with van der Waals surface area (Å²) >= 11 is 0. The molecular weight excluding hydrogens is 580 g/mol. The number of alkyl halides is 1. The van der Waals surface area contributed by atoms with E-state index in [2.05, 4.69) is 23.3 Å². The van der Waals surface area contributed by atoms with Crippen LogP contribution in [0.15, 0.2) is 53.7 Å². The first-order chi connectivity index (χ1) is 20.7. The minimum atomic E-state index is -4.51. The summed E-state index contributed by atoms with van der Waals surface area (Å²) in [7, 11) is -4.51. The Morgan fingerprint density at radius 3 is 2.77 bits per heavy atom. The van der Waals surface area contributed by atoms with Crippen LogP contribution in [0.5, 0.6) is 11.5 Å². The van der Waals surface area contributed by atoms with Gasteiger partial charge in [-0.3, -0.25) is 9.78 Å². The van der Waals surface area contributed by atoms with Gasteiger partial charge in [0.2, 0.25) is 15.3 Å². The Morgan fingerprint density at radius 2 is 1.95 bits per heavy atom. The topological polar surface area (TPSA) is 124 Å². The maximum atomic E-state index is 14.7. The van der Waals surface area contributed by atoms with E-state index in [-0.39, 0.29) is 18.7 Å². The number of ether oxygens (including phenoxy) is 2. The van der Waals surface area contributed by atoms with Crippen molar-refractivity contribution in [3.63, 3.8) is 0 Å². The van der Waals surface area contributed by atoms with Crippen LogP contribution in [0.25, 0.3) is 10.9 Å². The highest BCUT2D eigenvalue weighted by molar-refractivity contribution is 7.92. The van der Waals surface area contributed by atoms with Gasteiger partial charge in [-0.25, -0.2) is 27.2 Å². The quantitative estimate of drug-likeness (QED) is 0.347. The van der Waals surface area contributed by atoms with E-state index in [9.17, 15) is 22.0 Å². The lowest BCUT2D eigenvalue weighted by molar-refractivity contribution is 0.0949. The number of anilines is 2. The molecule has 0 spiro atoms. The number of pyridine rings is 3. The molecule has 10 nitrogen and oxygen atoms in total. The molecule has 3 aliphatic rings. The van der Waals surface area contributed by atoms with Gasteiger partial charge in [0.1, 0.15) is 17.3 Å². The Hall–Kier alpha value is -4.39. The van der Waals surface area contributed by atoms with Crippen molar-refractivity contribution in [2.45, 2.75) is 42.6 Å². The van der Waals surface area contributed by atoms with Gasteiger partial charge in [-0.1, -0.05) is 6.92 Å². The molecule has 0 unspecified atom stereocenters. The number of amides is 1. The highest BCUT2D eigenvalue weighted by Gasteiger charge is 2.36. The summed E-state index contributed by atoms with van der Waals surface area (Å²) in [6, 6.07) is 9.41. The number of carbonyl (C=O) groups excluding carboxylic acids is 1. The standard InChI is InChI=1S/C30H27F2N5O5S/c1-16-8-21(16)19-10-24-29(34-14-19)37(5-7-41-24)27-3-2-17-13-33-20(12-23(17)36-27)15-35-30(38)18-9-22(31)28-25(11-18)43(39,40)26(32)4-6-42-28/h2-3,9-14,16,21,26H,4-8,15H2,1H3,(H,35,38)/t16-,21+,26-/m1/s1. The summed E-state index contributed by atoms with van der Waals surface area (Å²) in [6.07, 6.45) is 4.27. The first kappa shape index (κ1) is 27.4. The summed E-state index contributed by atoms with van der Waals surface area (Å²) in [6.45, 7) is 2.96. The molecule has 1 saturated carbocycles. The number of halogens is 2. The predicted molar refractivity (Wildman–Crippen MR) is 153 cm³/mol.